The molecule has 3 aliphatic heterocycles. The number of likely N-dealkylation sites (tertiary alicyclic amines) is 2. The molecular formula is C45H69N3O9. The SMILES string of the molecule is CC(C)(C)OC(=O)N1CCC(CCO)CC1.CC(C)(C)OC(=O)N1CCC(CCOC(=O)c2ccccc2)CC1.O=C(OCCC1CCNCC1)c1ccccc1. The summed E-state index contributed by atoms with van der Waals surface area (Å²) in [6, 6.07) is 18.2. The van der Waals surface area contributed by atoms with E-state index in [1.165, 1.54) is 12.8 Å². The standard InChI is InChI=1S/C19H27NO4.C14H19NO2.C12H23NO3/c1-19(2,3)24-18(22)20-12-9-15(10-13-20)11-14-23-17(21)16-7-5-4-6-8-16;16-14(13-4-2-1-3-5-13)17-11-8-12-6-9-15-10-7-12;1-12(2,3)16-11(15)13-7-4-10(5-8-13)6-9-14/h4-8,15H,9-14H2,1-3H3;1-5,12,15H,6-11H2;10,14H,4-9H2,1-3H3. The third-order valence-corrected chi connectivity index (χ3v) is 10.1. The zero-order valence-electron chi connectivity index (χ0n) is 35.3. The maximum absolute atomic E-state index is 12.0. The summed E-state index contributed by atoms with van der Waals surface area (Å²) >= 11 is 0. The minimum atomic E-state index is -0.459. The maximum atomic E-state index is 12.0. The molecule has 0 radical (unpaired) electrons. The maximum Gasteiger partial charge on any atom is 0.410 e. The molecule has 3 saturated heterocycles. The summed E-state index contributed by atoms with van der Waals surface area (Å²) < 4.78 is 21.3. The Morgan fingerprint density at radius 1 is 0.579 bits per heavy atom. The van der Waals surface area contributed by atoms with E-state index in [2.05, 4.69) is 5.32 Å². The summed E-state index contributed by atoms with van der Waals surface area (Å²) in [7, 11) is 0. The van der Waals surface area contributed by atoms with E-state index < -0.39 is 11.2 Å². The van der Waals surface area contributed by atoms with Crippen molar-refractivity contribution in [1.29, 1.82) is 0 Å². The highest BCUT2D eigenvalue weighted by Gasteiger charge is 2.28. The molecule has 318 valence electrons. The van der Waals surface area contributed by atoms with Crippen LogP contribution in [0.4, 0.5) is 9.59 Å². The first-order valence-corrected chi connectivity index (χ1v) is 20.8. The molecule has 3 fully saturated rings. The highest BCUT2D eigenvalue weighted by molar-refractivity contribution is 5.89. The topological polar surface area (TPSA) is 144 Å². The number of nitrogens with zero attached hydrogens (tertiary/aromatic N) is 2. The highest BCUT2D eigenvalue weighted by Crippen LogP contribution is 2.24. The van der Waals surface area contributed by atoms with Gasteiger partial charge in [0.25, 0.3) is 0 Å². The lowest BCUT2D eigenvalue weighted by Gasteiger charge is -2.33. The monoisotopic (exact) mass is 796 g/mol. The number of carbonyl (C=O) groups excluding carboxylic acids is 4. The van der Waals surface area contributed by atoms with Gasteiger partial charge in [-0.25, -0.2) is 19.2 Å². The fraction of sp³-hybridized carbons (Fsp3) is 0.644. The van der Waals surface area contributed by atoms with Crippen LogP contribution in [-0.4, -0.2) is 109 Å². The third-order valence-electron chi connectivity index (χ3n) is 10.1. The molecule has 0 atom stereocenters. The highest BCUT2D eigenvalue weighted by atomic mass is 16.6. The van der Waals surface area contributed by atoms with Gasteiger partial charge in [-0.2, -0.15) is 0 Å². The van der Waals surface area contributed by atoms with E-state index in [1.807, 2.05) is 77.9 Å². The number of esters is 2. The Morgan fingerprint density at radius 2 is 0.930 bits per heavy atom. The van der Waals surface area contributed by atoms with Crippen molar-refractivity contribution in [2.75, 3.05) is 59.1 Å². The van der Waals surface area contributed by atoms with Crippen molar-refractivity contribution in [1.82, 2.24) is 15.1 Å². The normalized spacial score (nSPS) is 16.9. The minimum Gasteiger partial charge on any atom is -0.462 e. The van der Waals surface area contributed by atoms with E-state index in [0.717, 1.165) is 71.1 Å². The minimum absolute atomic E-state index is 0.209. The van der Waals surface area contributed by atoms with Crippen molar-refractivity contribution in [3.8, 4) is 0 Å². The first-order valence-electron chi connectivity index (χ1n) is 20.8. The smallest absolute Gasteiger partial charge is 0.410 e. The van der Waals surface area contributed by atoms with E-state index in [-0.39, 0.29) is 30.7 Å². The van der Waals surface area contributed by atoms with Crippen molar-refractivity contribution < 1.29 is 43.2 Å². The molecule has 0 aliphatic carbocycles. The molecule has 3 heterocycles. The number of carbonyl (C=O) groups is 4. The summed E-state index contributed by atoms with van der Waals surface area (Å²) in [6.45, 7) is 17.6. The van der Waals surface area contributed by atoms with Gasteiger partial charge in [-0.3, -0.25) is 0 Å². The number of aliphatic hydroxyl groups excluding tert-OH is 1. The van der Waals surface area contributed by atoms with Gasteiger partial charge in [-0.05, 0) is 154 Å². The number of hydrogen-bond donors (Lipinski definition) is 2. The molecule has 2 N–H and O–H groups in total. The summed E-state index contributed by atoms with van der Waals surface area (Å²) in [4.78, 5) is 50.8. The molecule has 0 unspecified atom stereocenters. The quantitative estimate of drug-likeness (QED) is 0.179. The molecular weight excluding hydrogens is 727 g/mol. The second-order valence-electron chi connectivity index (χ2n) is 17.1. The largest absolute Gasteiger partial charge is 0.462 e. The van der Waals surface area contributed by atoms with Gasteiger partial charge < -0.3 is 39.2 Å². The molecule has 12 nitrogen and oxygen atoms in total. The molecule has 0 saturated carbocycles. The molecule has 0 bridgehead atoms. The predicted octanol–water partition coefficient (Wildman–Crippen LogP) is 8.13. The van der Waals surface area contributed by atoms with E-state index in [0.29, 0.717) is 55.2 Å². The Balaban J connectivity index is 0.000000236. The Hall–Kier alpha value is -4.16. The molecule has 12 heteroatoms. The number of nitrogens with one attached hydrogen (secondary N) is 1. The Labute approximate surface area is 340 Å². The summed E-state index contributed by atoms with van der Waals surface area (Å²) in [5.74, 6) is 1.26. The summed E-state index contributed by atoms with van der Waals surface area (Å²) in [5.41, 5.74) is 0.341. The van der Waals surface area contributed by atoms with Gasteiger partial charge >= 0.3 is 24.1 Å². The molecule has 3 aliphatic rings. The number of piperidine rings is 3. The van der Waals surface area contributed by atoms with Crippen molar-refractivity contribution in [3.05, 3.63) is 71.8 Å². The second kappa shape index (κ2) is 24.6. The molecule has 2 aromatic rings. The van der Waals surface area contributed by atoms with Crippen LogP contribution in [0.3, 0.4) is 0 Å². The number of ether oxygens (including phenoxy) is 4. The first-order chi connectivity index (χ1) is 27.1. The molecule has 0 spiro atoms. The number of aliphatic hydroxyl groups is 1. The van der Waals surface area contributed by atoms with Crippen LogP contribution in [-0.2, 0) is 18.9 Å². The zero-order chi connectivity index (χ0) is 41.7. The lowest BCUT2D eigenvalue weighted by atomic mass is 9.94. The first kappa shape index (κ1) is 47.2. The van der Waals surface area contributed by atoms with Crippen LogP contribution >= 0.6 is 0 Å². The van der Waals surface area contributed by atoms with Crippen LogP contribution in [0.2, 0.25) is 0 Å². The van der Waals surface area contributed by atoms with Crippen LogP contribution in [0.15, 0.2) is 60.7 Å². The van der Waals surface area contributed by atoms with Gasteiger partial charge in [-0.1, -0.05) is 36.4 Å². The van der Waals surface area contributed by atoms with Gasteiger partial charge in [0, 0.05) is 32.8 Å². The van der Waals surface area contributed by atoms with Gasteiger partial charge in [-0.15, -0.1) is 0 Å². The van der Waals surface area contributed by atoms with Crippen LogP contribution in [0.25, 0.3) is 0 Å². The molecule has 2 aromatic carbocycles. The van der Waals surface area contributed by atoms with Crippen molar-refractivity contribution >= 4 is 24.1 Å². The van der Waals surface area contributed by atoms with Crippen LogP contribution in [0.5, 0.6) is 0 Å². The van der Waals surface area contributed by atoms with Crippen molar-refractivity contribution in [2.24, 2.45) is 17.8 Å². The van der Waals surface area contributed by atoms with Crippen molar-refractivity contribution in [3.63, 3.8) is 0 Å². The van der Waals surface area contributed by atoms with Crippen LogP contribution in [0, 0.1) is 17.8 Å². The lowest BCUT2D eigenvalue weighted by molar-refractivity contribution is 0.0160. The van der Waals surface area contributed by atoms with Crippen molar-refractivity contribution in [2.45, 2.75) is 111 Å². The molecule has 0 aromatic heterocycles. The van der Waals surface area contributed by atoms with E-state index in [1.54, 1.807) is 34.1 Å². The number of benzene rings is 2. The lowest BCUT2D eigenvalue weighted by Crippen LogP contribution is -2.41. The fourth-order valence-corrected chi connectivity index (χ4v) is 6.77. The summed E-state index contributed by atoms with van der Waals surface area (Å²) in [6.07, 6.45) is 8.39. The molecule has 2 amide bonds. The predicted molar refractivity (Wildman–Crippen MR) is 221 cm³/mol. The summed E-state index contributed by atoms with van der Waals surface area (Å²) in [5, 5.41) is 12.2. The molecule has 5 rings (SSSR count). The number of hydrogen-bond acceptors (Lipinski definition) is 10. The second-order valence-corrected chi connectivity index (χ2v) is 17.1. The Morgan fingerprint density at radius 3 is 1.28 bits per heavy atom. The average molecular weight is 796 g/mol. The van der Waals surface area contributed by atoms with Crippen LogP contribution < -0.4 is 5.32 Å². The van der Waals surface area contributed by atoms with Gasteiger partial charge in [0.2, 0.25) is 0 Å². The Kier molecular flexibility index (Phi) is 20.4. The van der Waals surface area contributed by atoms with Gasteiger partial charge in [0.15, 0.2) is 0 Å². The van der Waals surface area contributed by atoms with E-state index in [9.17, 15) is 19.2 Å². The fourth-order valence-electron chi connectivity index (χ4n) is 6.77. The third kappa shape index (κ3) is 19.7. The number of rotatable bonds is 10. The van der Waals surface area contributed by atoms with E-state index >= 15 is 0 Å². The Bertz CT molecular complexity index is 1450. The molecule has 57 heavy (non-hydrogen) atoms. The van der Waals surface area contributed by atoms with Gasteiger partial charge in [0.05, 0.1) is 24.3 Å². The van der Waals surface area contributed by atoms with Gasteiger partial charge in [0.1, 0.15) is 11.2 Å². The zero-order valence-corrected chi connectivity index (χ0v) is 35.3. The number of amides is 2. The van der Waals surface area contributed by atoms with Crippen LogP contribution in [0.1, 0.15) is 120 Å². The van der Waals surface area contributed by atoms with E-state index in [4.69, 9.17) is 24.1 Å². The average Bonchev–Trinajstić information content (AvgIpc) is 3.19.